The summed E-state index contributed by atoms with van der Waals surface area (Å²) in [4.78, 5) is 20.4. The van der Waals surface area contributed by atoms with Crippen LogP contribution in [-0.4, -0.2) is 22.3 Å². The van der Waals surface area contributed by atoms with Gasteiger partial charge in [0.25, 0.3) is 0 Å². The molecular weight excluding hydrogens is 355 g/mol. The van der Waals surface area contributed by atoms with Crippen LogP contribution >= 0.6 is 22.7 Å². The summed E-state index contributed by atoms with van der Waals surface area (Å²) < 4.78 is 13.1. The average molecular weight is 372 g/mol. The summed E-state index contributed by atoms with van der Waals surface area (Å²) in [7, 11) is 0. The van der Waals surface area contributed by atoms with Crippen molar-refractivity contribution in [1.29, 1.82) is 0 Å². The first kappa shape index (κ1) is 16.4. The summed E-state index contributed by atoms with van der Waals surface area (Å²) in [5.74, 6) is -0.155. The number of carbonyl (C=O) groups excluding carboxylic acids is 1. The highest BCUT2D eigenvalue weighted by molar-refractivity contribution is 7.20. The number of carbonyl (C=O) groups is 1. The molecule has 1 aliphatic heterocycles. The Kier molecular flexibility index (Phi) is 4.63. The number of benzene rings is 1. The molecule has 3 nitrogen and oxygen atoms in total. The molecule has 0 bridgehead atoms. The second-order valence-electron chi connectivity index (χ2n) is 6.09. The topological polar surface area (TPSA) is 33.2 Å². The van der Waals surface area contributed by atoms with Gasteiger partial charge in [-0.1, -0.05) is 18.2 Å². The first-order valence-electron chi connectivity index (χ1n) is 8.24. The van der Waals surface area contributed by atoms with Crippen LogP contribution < -0.4 is 0 Å². The third-order valence-corrected chi connectivity index (χ3v) is 6.37. The minimum absolute atomic E-state index is 0.0449. The molecule has 1 amide bonds. The molecule has 4 rings (SSSR count). The standard InChI is InChI=1S/C19H17FN2OS2/c20-14-7-5-13(6-8-14)16-3-1-9-22(16)18(23)11-15-12-25-19(21-15)17-4-2-10-24-17/h2,4-8,10,12,16H,1,3,9,11H2. The first-order chi connectivity index (χ1) is 12.2. The number of hydrogen-bond donors (Lipinski definition) is 0. The van der Waals surface area contributed by atoms with Gasteiger partial charge in [-0.15, -0.1) is 22.7 Å². The Hall–Kier alpha value is -2.05. The van der Waals surface area contributed by atoms with E-state index in [1.807, 2.05) is 27.8 Å². The molecule has 1 fully saturated rings. The van der Waals surface area contributed by atoms with Gasteiger partial charge in [0, 0.05) is 11.9 Å². The predicted molar refractivity (Wildman–Crippen MR) is 99.2 cm³/mol. The summed E-state index contributed by atoms with van der Waals surface area (Å²) in [5.41, 5.74) is 1.83. The first-order valence-corrected chi connectivity index (χ1v) is 10.00. The van der Waals surface area contributed by atoms with Gasteiger partial charge in [0.1, 0.15) is 10.8 Å². The number of halogens is 1. The van der Waals surface area contributed by atoms with Crippen LogP contribution in [0.15, 0.2) is 47.2 Å². The summed E-state index contributed by atoms with van der Waals surface area (Å²) >= 11 is 3.23. The highest BCUT2D eigenvalue weighted by Gasteiger charge is 2.30. The van der Waals surface area contributed by atoms with Crippen molar-refractivity contribution in [3.63, 3.8) is 0 Å². The lowest BCUT2D eigenvalue weighted by atomic mass is 10.0. The molecule has 0 saturated carbocycles. The number of hydrogen-bond acceptors (Lipinski definition) is 4. The van der Waals surface area contributed by atoms with E-state index in [-0.39, 0.29) is 17.8 Å². The van der Waals surface area contributed by atoms with Crippen LogP contribution in [0.5, 0.6) is 0 Å². The van der Waals surface area contributed by atoms with Crippen LogP contribution in [0.4, 0.5) is 4.39 Å². The van der Waals surface area contributed by atoms with Gasteiger partial charge in [-0.2, -0.15) is 0 Å². The van der Waals surface area contributed by atoms with Gasteiger partial charge in [-0.3, -0.25) is 4.79 Å². The van der Waals surface area contributed by atoms with Crippen LogP contribution in [0.2, 0.25) is 0 Å². The van der Waals surface area contributed by atoms with Crippen LogP contribution in [0.1, 0.15) is 30.1 Å². The van der Waals surface area contributed by atoms with Crippen molar-refractivity contribution in [1.82, 2.24) is 9.88 Å². The van der Waals surface area contributed by atoms with Crippen LogP contribution in [0, 0.1) is 5.82 Å². The maximum Gasteiger partial charge on any atom is 0.229 e. The minimum atomic E-state index is -0.247. The molecule has 0 radical (unpaired) electrons. The number of rotatable bonds is 4. The van der Waals surface area contributed by atoms with E-state index < -0.39 is 0 Å². The molecule has 6 heteroatoms. The van der Waals surface area contributed by atoms with Gasteiger partial charge < -0.3 is 4.90 Å². The van der Waals surface area contributed by atoms with Gasteiger partial charge in [0.2, 0.25) is 5.91 Å². The minimum Gasteiger partial charge on any atom is -0.335 e. The zero-order valence-corrected chi connectivity index (χ0v) is 15.2. The average Bonchev–Trinajstić information content (AvgIpc) is 3.36. The van der Waals surface area contributed by atoms with E-state index in [4.69, 9.17) is 0 Å². The number of likely N-dealkylation sites (tertiary alicyclic amines) is 1. The SMILES string of the molecule is O=C(Cc1csc(-c2cccs2)n1)N1CCCC1c1ccc(F)cc1. The van der Waals surface area contributed by atoms with Crippen molar-refractivity contribution < 1.29 is 9.18 Å². The van der Waals surface area contributed by atoms with Gasteiger partial charge >= 0.3 is 0 Å². The fraction of sp³-hybridized carbons (Fsp3) is 0.263. The summed E-state index contributed by atoms with van der Waals surface area (Å²) in [6.07, 6.45) is 2.22. The Bertz CT molecular complexity index is 858. The lowest BCUT2D eigenvalue weighted by molar-refractivity contribution is -0.131. The fourth-order valence-electron chi connectivity index (χ4n) is 3.25. The van der Waals surface area contributed by atoms with E-state index >= 15 is 0 Å². The Balaban J connectivity index is 1.47. The molecule has 2 aromatic heterocycles. The fourth-order valence-corrected chi connectivity index (χ4v) is 4.89. The molecule has 1 atom stereocenters. The molecular formula is C19H17FN2OS2. The lowest BCUT2D eigenvalue weighted by Gasteiger charge is -2.25. The summed E-state index contributed by atoms with van der Waals surface area (Å²) in [5, 5.41) is 4.96. The maximum absolute atomic E-state index is 13.1. The Morgan fingerprint density at radius 2 is 2.08 bits per heavy atom. The molecule has 1 aliphatic rings. The normalized spacial score (nSPS) is 17.2. The smallest absolute Gasteiger partial charge is 0.229 e. The number of aromatic nitrogens is 1. The molecule has 0 spiro atoms. The van der Waals surface area contributed by atoms with E-state index in [0.717, 1.165) is 40.5 Å². The van der Waals surface area contributed by atoms with Crippen LogP contribution in [0.3, 0.4) is 0 Å². The van der Waals surface area contributed by atoms with E-state index in [0.29, 0.717) is 6.42 Å². The van der Waals surface area contributed by atoms with E-state index in [2.05, 4.69) is 4.98 Å². The highest BCUT2D eigenvalue weighted by atomic mass is 32.1. The maximum atomic E-state index is 13.1. The zero-order chi connectivity index (χ0) is 17.2. The third-order valence-electron chi connectivity index (χ3n) is 4.44. The quantitative estimate of drug-likeness (QED) is 0.651. The van der Waals surface area contributed by atoms with Gasteiger partial charge in [0.05, 0.1) is 23.0 Å². The Labute approximate surface area is 153 Å². The second kappa shape index (κ2) is 7.06. The van der Waals surface area contributed by atoms with Gasteiger partial charge in [-0.25, -0.2) is 9.37 Å². The third kappa shape index (κ3) is 3.50. The number of amides is 1. The Morgan fingerprint density at radius 1 is 1.24 bits per heavy atom. The van der Waals surface area contributed by atoms with E-state index in [9.17, 15) is 9.18 Å². The molecule has 3 heterocycles. The monoisotopic (exact) mass is 372 g/mol. The number of thiophene rings is 1. The molecule has 0 N–H and O–H groups in total. The molecule has 0 aliphatic carbocycles. The predicted octanol–water partition coefficient (Wildman–Crippen LogP) is 4.92. The molecule has 128 valence electrons. The largest absolute Gasteiger partial charge is 0.335 e. The van der Waals surface area contributed by atoms with Gasteiger partial charge in [0.15, 0.2) is 0 Å². The summed E-state index contributed by atoms with van der Waals surface area (Å²) in [6, 6.07) is 10.6. The van der Waals surface area contributed by atoms with Crippen molar-refractivity contribution in [3.05, 3.63) is 64.2 Å². The highest BCUT2D eigenvalue weighted by Crippen LogP contribution is 2.33. The number of thiazole rings is 1. The van der Waals surface area contributed by atoms with Crippen LogP contribution in [-0.2, 0) is 11.2 Å². The Morgan fingerprint density at radius 3 is 2.84 bits per heavy atom. The van der Waals surface area contributed by atoms with Crippen molar-refractivity contribution in [2.75, 3.05) is 6.54 Å². The van der Waals surface area contributed by atoms with E-state index in [1.54, 1.807) is 34.8 Å². The molecule has 1 unspecified atom stereocenters. The van der Waals surface area contributed by atoms with Crippen molar-refractivity contribution in [3.8, 4) is 9.88 Å². The second-order valence-corrected chi connectivity index (χ2v) is 7.90. The van der Waals surface area contributed by atoms with Crippen molar-refractivity contribution in [2.24, 2.45) is 0 Å². The van der Waals surface area contributed by atoms with Crippen molar-refractivity contribution >= 4 is 28.6 Å². The lowest BCUT2D eigenvalue weighted by Crippen LogP contribution is -2.31. The molecule has 1 aromatic carbocycles. The van der Waals surface area contributed by atoms with E-state index in [1.165, 1.54) is 12.1 Å². The van der Waals surface area contributed by atoms with Crippen molar-refractivity contribution in [2.45, 2.75) is 25.3 Å². The number of nitrogens with zero attached hydrogens (tertiary/aromatic N) is 2. The van der Waals surface area contributed by atoms with Gasteiger partial charge in [-0.05, 0) is 42.0 Å². The molecule has 1 saturated heterocycles. The molecule has 3 aromatic rings. The summed E-state index contributed by atoms with van der Waals surface area (Å²) in [6.45, 7) is 0.753. The molecule has 25 heavy (non-hydrogen) atoms. The zero-order valence-electron chi connectivity index (χ0n) is 13.5. The van der Waals surface area contributed by atoms with Crippen LogP contribution in [0.25, 0.3) is 9.88 Å².